The molecule has 0 saturated carbocycles. The number of carbonyl (C=O) groups excluding carboxylic acids is 1. The van der Waals surface area contributed by atoms with Gasteiger partial charge >= 0.3 is 5.97 Å². The summed E-state index contributed by atoms with van der Waals surface area (Å²) in [5.41, 5.74) is 0.382. The number of aliphatic imine (C=N–C) groups is 1. The van der Waals surface area contributed by atoms with Gasteiger partial charge in [0, 0.05) is 11.6 Å². The second-order valence-electron chi connectivity index (χ2n) is 5.09. The average Bonchev–Trinajstić information content (AvgIpc) is 2.86. The molecule has 0 atom stereocenters. The summed E-state index contributed by atoms with van der Waals surface area (Å²) in [7, 11) is 0. The van der Waals surface area contributed by atoms with Crippen molar-refractivity contribution in [2.24, 2.45) is 10.9 Å². The van der Waals surface area contributed by atoms with Crippen LogP contribution in [0.1, 0.15) is 45.5 Å². The molecule has 0 spiro atoms. The first-order valence-electron chi connectivity index (χ1n) is 6.62. The second-order valence-corrected chi connectivity index (χ2v) is 6.37. The molecule has 0 radical (unpaired) electrons. The molecule has 0 aromatic carbocycles. The number of ether oxygens (including phenoxy) is 1. The number of carbonyl (C=O) groups is 1. The Kier molecular flexibility index (Phi) is 6.95. The minimum Gasteiger partial charge on any atom is -0.458 e. The van der Waals surface area contributed by atoms with Crippen molar-refractivity contribution in [3.05, 3.63) is 16.6 Å². The first-order chi connectivity index (χ1) is 9.40. The molecule has 0 bridgehead atoms. The lowest BCUT2D eigenvalue weighted by molar-refractivity contribution is -0.139. The lowest BCUT2D eigenvalue weighted by Gasteiger charge is -2.11. The minimum atomic E-state index is -0.389. The Balaban J connectivity index is 2.85. The van der Waals surface area contributed by atoms with Crippen LogP contribution >= 0.6 is 23.6 Å². The predicted octanol–water partition coefficient (Wildman–Crippen LogP) is 3.65. The van der Waals surface area contributed by atoms with Crippen molar-refractivity contribution in [2.45, 2.75) is 46.6 Å². The van der Waals surface area contributed by atoms with Gasteiger partial charge in [-0.25, -0.2) is 14.8 Å². The Bertz CT molecular complexity index is 479. The molecule has 6 heteroatoms. The van der Waals surface area contributed by atoms with Crippen molar-refractivity contribution in [1.29, 1.82) is 0 Å². The van der Waals surface area contributed by atoms with E-state index < -0.39 is 0 Å². The van der Waals surface area contributed by atoms with Gasteiger partial charge < -0.3 is 4.74 Å². The SMILES string of the molecule is CC(C)CCC(=NC(=S)c1nccs1)C(=O)OC(C)C. The Morgan fingerprint density at radius 3 is 2.65 bits per heavy atom. The van der Waals surface area contributed by atoms with Crippen LogP contribution in [0.2, 0.25) is 0 Å². The summed E-state index contributed by atoms with van der Waals surface area (Å²) >= 11 is 6.63. The van der Waals surface area contributed by atoms with Gasteiger partial charge in [-0.2, -0.15) is 0 Å². The van der Waals surface area contributed by atoms with Crippen LogP contribution in [-0.2, 0) is 9.53 Å². The number of esters is 1. The van der Waals surface area contributed by atoms with E-state index in [9.17, 15) is 4.79 Å². The molecule has 4 nitrogen and oxygen atoms in total. The van der Waals surface area contributed by atoms with E-state index in [1.54, 1.807) is 6.20 Å². The fourth-order valence-corrected chi connectivity index (χ4v) is 2.24. The maximum Gasteiger partial charge on any atom is 0.352 e. The van der Waals surface area contributed by atoms with Crippen LogP contribution in [0.3, 0.4) is 0 Å². The molecular formula is C14H20N2O2S2. The molecule has 110 valence electrons. The smallest absolute Gasteiger partial charge is 0.352 e. The highest BCUT2D eigenvalue weighted by Crippen LogP contribution is 2.11. The second kappa shape index (κ2) is 8.21. The fraction of sp³-hybridized carbons (Fsp3) is 0.571. The highest BCUT2D eigenvalue weighted by molar-refractivity contribution is 7.81. The highest BCUT2D eigenvalue weighted by atomic mass is 32.1. The summed E-state index contributed by atoms with van der Waals surface area (Å²) in [5.74, 6) is 0.0973. The zero-order valence-corrected chi connectivity index (χ0v) is 13.9. The van der Waals surface area contributed by atoms with Crippen LogP contribution < -0.4 is 0 Å². The summed E-state index contributed by atoms with van der Waals surface area (Å²) in [4.78, 5) is 20.8. The number of thiocarbonyl (C=S) groups is 1. The van der Waals surface area contributed by atoms with Gasteiger partial charge in [-0.15, -0.1) is 11.3 Å². The maximum atomic E-state index is 12.0. The minimum absolute atomic E-state index is 0.166. The van der Waals surface area contributed by atoms with E-state index in [1.807, 2.05) is 19.2 Å². The lowest BCUT2D eigenvalue weighted by atomic mass is 10.1. The van der Waals surface area contributed by atoms with Crippen molar-refractivity contribution in [3.8, 4) is 0 Å². The fourth-order valence-electron chi connectivity index (χ4n) is 1.41. The molecule has 0 N–H and O–H groups in total. The van der Waals surface area contributed by atoms with Gasteiger partial charge in [0.25, 0.3) is 0 Å². The largest absolute Gasteiger partial charge is 0.458 e. The molecule has 1 heterocycles. The summed E-state index contributed by atoms with van der Waals surface area (Å²) in [6.45, 7) is 7.84. The standard InChI is InChI=1S/C14H20N2O2S2/c1-9(2)5-6-11(14(17)18-10(3)4)16-12(19)13-15-7-8-20-13/h7-10H,5-6H2,1-4H3. The van der Waals surface area contributed by atoms with Gasteiger partial charge in [0.15, 0.2) is 10.00 Å². The van der Waals surface area contributed by atoms with Crippen LogP contribution in [0.4, 0.5) is 0 Å². The Morgan fingerprint density at radius 1 is 1.45 bits per heavy atom. The van der Waals surface area contributed by atoms with Gasteiger partial charge in [0.1, 0.15) is 5.71 Å². The van der Waals surface area contributed by atoms with E-state index in [2.05, 4.69) is 23.8 Å². The van der Waals surface area contributed by atoms with E-state index in [-0.39, 0.29) is 12.1 Å². The van der Waals surface area contributed by atoms with Crippen LogP contribution in [0.15, 0.2) is 16.6 Å². The summed E-state index contributed by atoms with van der Waals surface area (Å²) in [6.07, 6.45) is 2.93. The van der Waals surface area contributed by atoms with Gasteiger partial charge in [0.2, 0.25) is 0 Å². The van der Waals surface area contributed by atoms with Gasteiger partial charge in [-0.05, 0) is 32.6 Å². The molecule has 0 unspecified atom stereocenters. The molecule has 1 aromatic heterocycles. The van der Waals surface area contributed by atoms with Crippen LogP contribution in [0.25, 0.3) is 0 Å². The molecule has 0 saturated heterocycles. The zero-order valence-electron chi connectivity index (χ0n) is 12.3. The van der Waals surface area contributed by atoms with Crippen molar-refractivity contribution in [1.82, 2.24) is 4.98 Å². The van der Waals surface area contributed by atoms with Crippen molar-refractivity contribution in [3.63, 3.8) is 0 Å². The number of hydrogen-bond acceptors (Lipinski definition) is 5. The highest BCUT2D eigenvalue weighted by Gasteiger charge is 2.17. The molecular weight excluding hydrogens is 292 g/mol. The zero-order chi connectivity index (χ0) is 15.1. The van der Waals surface area contributed by atoms with Crippen LogP contribution in [-0.4, -0.2) is 27.8 Å². The first-order valence-corrected chi connectivity index (χ1v) is 7.91. The first kappa shape index (κ1) is 16.9. The molecule has 0 aliphatic heterocycles. The Morgan fingerprint density at radius 2 is 2.15 bits per heavy atom. The molecule has 0 aliphatic rings. The molecule has 0 aliphatic carbocycles. The number of nitrogens with zero attached hydrogens (tertiary/aromatic N) is 2. The van der Waals surface area contributed by atoms with Gasteiger partial charge in [0.05, 0.1) is 6.10 Å². The monoisotopic (exact) mass is 312 g/mol. The summed E-state index contributed by atoms with van der Waals surface area (Å²) in [5, 5.41) is 2.48. The van der Waals surface area contributed by atoms with E-state index in [1.165, 1.54) is 11.3 Å². The molecule has 0 amide bonds. The summed E-state index contributed by atoms with van der Waals surface area (Å²) < 4.78 is 5.22. The number of rotatable bonds is 6. The Labute approximate surface area is 129 Å². The Hall–Kier alpha value is -1.14. The summed E-state index contributed by atoms with van der Waals surface area (Å²) in [6, 6.07) is 0. The van der Waals surface area contributed by atoms with E-state index >= 15 is 0 Å². The van der Waals surface area contributed by atoms with E-state index in [0.717, 1.165) is 6.42 Å². The third kappa shape index (κ3) is 5.88. The van der Waals surface area contributed by atoms with Gasteiger partial charge in [-0.1, -0.05) is 26.1 Å². The molecule has 1 aromatic rings. The quantitative estimate of drug-likeness (QED) is 0.457. The van der Waals surface area contributed by atoms with Crippen LogP contribution in [0, 0.1) is 5.92 Å². The average molecular weight is 312 g/mol. The molecule has 1 rings (SSSR count). The third-order valence-corrected chi connectivity index (χ3v) is 3.58. The topological polar surface area (TPSA) is 51.5 Å². The number of aromatic nitrogens is 1. The predicted molar refractivity (Wildman–Crippen MR) is 86.5 cm³/mol. The van der Waals surface area contributed by atoms with Crippen LogP contribution in [0.5, 0.6) is 0 Å². The van der Waals surface area contributed by atoms with E-state index in [4.69, 9.17) is 17.0 Å². The van der Waals surface area contributed by atoms with Crippen molar-refractivity contribution in [2.75, 3.05) is 0 Å². The van der Waals surface area contributed by atoms with E-state index in [0.29, 0.717) is 28.0 Å². The number of thiazole rings is 1. The third-order valence-electron chi connectivity index (χ3n) is 2.39. The molecule has 20 heavy (non-hydrogen) atoms. The maximum absolute atomic E-state index is 12.0. The number of hydrogen-bond donors (Lipinski definition) is 0. The van der Waals surface area contributed by atoms with Crippen molar-refractivity contribution < 1.29 is 9.53 Å². The van der Waals surface area contributed by atoms with Gasteiger partial charge in [-0.3, -0.25) is 0 Å². The molecule has 0 fully saturated rings. The lowest BCUT2D eigenvalue weighted by Crippen LogP contribution is -2.22. The normalized spacial score (nSPS) is 12.0. The van der Waals surface area contributed by atoms with Crippen molar-refractivity contribution >= 4 is 40.2 Å².